The molecule has 0 N–H and O–H groups in total. The van der Waals surface area contributed by atoms with Gasteiger partial charge in [0.05, 0.1) is 6.20 Å². The van der Waals surface area contributed by atoms with Gasteiger partial charge in [-0.15, -0.1) is 0 Å². The second kappa shape index (κ2) is 7.95. The summed E-state index contributed by atoms with van der Waals surface area (Å²) >= 11 is 0. The maximum Gasteiger partial charge on any atom is 0.291 e. The zero-order valence-corrected chi connectivity index (χ0v) is 18.3. The smallest absolute Gasteiger partial charge is 0.291 e. The van der Waals surface area contributed by atoms with Crippen LogP contribution in [0.3, 0.4) is 0 Å². The Morgan fingerprint density at radius 1 is 0.941 bits per heavy atom. The van der Waals surface area contributed by atoms with Gasteiger partial charge in [-0.3, -0.25) is 9.59 Å². The molecule has 0 fully saturated rings. The maximum atomic E-state index is 13.6. The number of benzene rings is 3. The van der Waals surface area contributed by atoms with Crippen LogP contribution in [0, 0.1) is 5.82 Å². The quantitative estimate of drug-likeness (QED) is 0.412. The van der Waals surface area contributed by atoms with E-state index in [0.717, 1.165) is 39.5 Å². The molecule has 0 radical (unpaired) electrons. The molecule has 168 valence electrons. The van der Waals surface area contributed by atoms with Gasteiger partial charge < -0.3 is 9.47 Å². The number of carbonyl (C=O) groups is 1. The number of halogens is 1. The monoisotopic (exact) mass is 452 g/mol. The van der Waals surface area contributed by atoms with Crippen molar-refractivity contribution < 1.29 is 9.18 Å². The van der Waals surface area contributed by atoms with Gasteiger partial charge in [0.2, 0.25) is 5.91 Å². The van der Waals surface area contributed by atoms with Gasteiger partial charge in [-0.05, 0) is 41.8 Å². The molecule has 6 rings (SSSR count). The van der Waals surface area contributed by atoms with Crippen molar-refractivity contribution in [3.05, 3.63) is 106 Å². The van der Waals surface area contributed by atoms with E-state index in [0.29, 0.717) is 18.6 Å². The van der Waals surface area contributed by atoms with Crippen LogP contribution >= 0.6 is 0 Å². The number of fused-ring (bicyclic) bond motifs is 4. The Morgan fingerprint density at radius 2 is 1.71 bits per heavy atom. The lowest BCUT2D eigenvalue weighted by molar-refractivity contribution is -0.119. The predicted molar refractivity (Wildman–Crippen MR) is 130 cm³/mol. The van der Waals surface area contributed by atoms with Gasteiger partial charge in [0.25, 0.3) is 5.56 Å². The highest BCUT2D eigenvalue weighted by molar-refractivity contribution is 6.07. The van der Waals surface area contributed by atoms with Crippen molar-refractivity contribution in [3.63, 3.8) is 0 Å². The summed E-state index contributed by atoms with van der Waals surface area (Å²) in [4.78, 5) is 28.5. The molecule has 1 aliphatic heterocycles. The molecular weight excluding hydrogens is 431 g/mol. The number of anilines is 1. The molecule has 0 saturated carbocycles. The second-order valence-electron chi connectivity index (χ2n) is 8.52. The standard InChI is InChI=1S/C27H21FN4O2/c28-20-11-9-18(10-12-20)16-31-24-8-4-2-6-21(24)22-15-29-32(27(34)26(22)31)17-25(33)30-14-13-19-5-1-3-7-23(19)30/h1-12,15H,13-14,16-17H2. The molecule has 1 aliphatic rings. The van der Waals surface area contributed by atoms with Crippen LogP contribution in [-0.4, -0.2) is 26.8 Å². The van der Waals surface area contributed by atoms with Crippen molar-refractivity contribution in [1.29, 1.82) is 0 Å². The van der Waals surface area contributed by atoms with Crippen molar-refractivity contribution in [3.8, 4) is 0 Å². The first-order valence-electron chi connectivity index (χ1n) is 11.2. The van der Waals surface area contributed by atoms with Crippen molar-refractivity contribution >= 4 is 33.4 Å². The summed E-state index contributed by atoms with van der Waals surface area (Å²) in [7, 11) is 0. The third kappa shape index (κ3) is 3.28. The largest absolute Gasteiger partial charge is 0.331 e. The van der Waals surface area contributed by atoms with Gasteiger partial charge >= 0.3 is 0 Å². The molecule has 0 aliphatic carbocycles. The van der Waals surface area contributed by atoms with E-state index in [-0.39, 0.29) is 23.8 Å². The van der Waals surface area contributed by atoms with Crippen LogP contribution in [-0.2, 0) is 24.3 Å². The molecule has 3 heterocycles. The molecule has 6 nitrogen and oxygen atoms in total. The van der Waals surface area contributed by atoms with Gasteiger partial charge in [-0.2, -0.15) is 5.10 Å². The highest BCUT2D eigenvalue weighted by Gasteiger charge is 2.25. The van der Waals surface area contributed by atoms with E-state index >= 15 is 0 Å². The zero-order valence-electron chi connectivity index (χ0n) is 18.3. The Hall–Kier alpha value is -4.26. The summed E-state index contributed by atoms with van der Waals surface area (Å²) in [5.41, 5.74) is 3.94. The van der Waals surface area contributed by atoms with E-state index in [4.69, 9.17) is 0 Å². The number of para-hydroxylation sites is 2. The van der Waals surface area contributed by atoms with Crippen LogP contribution < -0.4 is 10.5 Å². The van der Waals surface area contributed by atoms with Gasteiger partial charge in [-0.25, -0.2) is 9.07 Å². The summed E-state index contributed by atoms with van der Waals surface area (Å²) in [5.74, 6) is -0.473. The Bertz CT molecular complexity index is 1620. The minimum Gasteiger partial charge on any atom is -0.331 e. The Morgan fingerprint density at radius 3 is 2.56 bits per heavy atom. The summed E-state index contributed by atoms with van der Waals surface area (Å²) < 4.78 is 16.6. The lowest BCUT2D eigenvalue weighted by atomic mass is 10.2. The van der Waals surface area contributed by atoms with Crippen molar-refractivity contribution in [2.45, 2.75) is 19.5 Å². The first kappa shape index (κ1) is 20.4. The summed E-state index contributed by atoms with van der Waals surface area (Å²) in [6.45, 7) is 0.859. The molecule has 5 aromatic rings. The minimum atomic E-state index is -0.323. The molecule has 34 heavy (non-hydrogen) atoms. The average molecular weight is 452 g/mol. The number of rotatable bonds is 4. The lowest BCUT2D eigenvalue weighted by Gasteiger charge is -2.17. The van der Waals surface area contributed by atoms with Gasteiger partial charge in [-0.1, -0.05) is 48.5 Å². The van der Waals surface area contributed by atoms with Crippen LogP contribution in [0.2, 0.25) is 0 Å². The molecule has 0 spiro atoms. The normalized spacial score (nSPS) is 13.0. The fraction of sp³-hybridized carbons (Fsp3) is 0.148. The summed E-state index contributed by atoms with van der Waals surface area (Å²) in [6, 6.07) is 21.8. The van der Waals surface area contributed by atoms with Crippen LogP contribution in [0.15, 0.2) is 83.8 Å². The number of hydrogen-bond donors (Lipinski definition) is 0. The molecule has 0 unspecified atom stereocenters. The first-order valence-corrected chi connectivity index (χ1v) is 11.2. The zero-order chi connectivity index (χ0) is 23.2. The van der Waals surface area contributed by atoms with Crippen molar-refractivity contribution in [2.24, 2.45) is 0 Å². The van der Waals surface area contributed by atoms with Gasteiger partial charge in [0, 0.05) is 35.1 Å². The molecule has 1 amide bonds. The van der Waals surface area contributed by atoms with E-state index in [1.807, 2.05) is 53.1 Å². The van der Waals surface area contributed by atoms with E-state index in [9.17, 15) is 14.0 Å². The Labute approximate surface area is 194 Å². The lowest BCUT2D eigenvalue weighted by Crippen LogP contribution is -2.36. The number of carbonyl (C=O) groups excluding carboxylic acids is 1. The Kier molecular flexibility index (Phi) is 4.76. The molecular formula is C27H21FN4O2. The summed E-state index contributed by atoms with van der Waals surface area (Å²) in [5, 5.41) is 6.00. The van der Waals surface area contributed by atoms with Crippen molar-refractivity contribution in [2.75, 3.05) is 11.4 Å². The van der Waals surface area contributed by atoms with E-state index in [1.165, 1.54) is 16.8 Å². The molecule has 3 aromatic carbocycles. The van der Waals surface area contributed by atoms with E-state index in [1.54, 1.807) is 23.2 Å². The first-order chi connectivity index (χ1) is 16.6. The van der Waals surface area contributed by atoms with E-state index in [2.05, 4.69) is 5.10 Å². The summed E-state index contributed by atoms with van der Waals surface area (Å²) in [6.07, 6.45) is 2.46. The third-order valence-corrected chi connectivity index (χ3v) is 6.50. The minimum absolute atomic E-state index is 0.138. The van der Waals surface area contributed by atoms with Crippen LogP contribution in [0.5, 0.6) is 0 Å². The second-order valence-corrected chi connectivity index (χ2v) is 8.52. The number of hydrogen-bond acceptors (Lipinski definition) is 3. The van der Waals surface area contributed by atoms with Gasteiger partial charge in [0.1, 0.15) is 17.9 Å². The van der Waals surface area contributed by atoms with Crippen LogP contribution in [0.4, 0.5) is 10.1 Å². The number of amides is 1. The molecule has 2 aromatic heterocycles. The molecule has 0 bridgehead atoms. The van der Waals surface area contributed by atoms with Gasteiger partial charge in [0.15, 0.2) is 0 Å². The highest BCUT2D eigenvalue weighted by atomic mass is 19.1. The molecule has 0 atom stereocenters. The van der Waals surface area contributed by atoms with E-state index < -0.39 is 0 Å². The Balaban J connectivity index is 1.43. The van der Waals surface area contributed by atoms with Crippen molar-refractivity contribution in [1.82, 2.24) is 14.3 Å². The van der Waals surface area contributed by atoms with Crippen LogP contribution in [0.1, 0.15) is 11.1 Å². The predicted octanol–water partition coefficient (Wildman–Crippen LogP) is 4.13. The number of nitrogens with zero attached hydrogens (tertiary/aromatic N) is 4. The third-order valence-electron chi connectivity index (χ3n) is 6.50. The number of aromatic nitrogens is 3. The SMILES string of the molecule is O=C(Cn1ncc2c3ccccc3n(Cc3ccc(F)cc3)c2c1=O)N1CCc2ccccc21. The van der Waals surface area contributed by atoms with Crippen LogP contribution in [0.25, 0.3) is 21.8 Å². The molecule has 7 heteroatoms. The highest BCUT2D eigenvalue weighted by Crippen LogP contribution is 2.29. The fourth-order valence-electron chi connectivity index (χ4n) is 4.85. The topological polar surface area (TPSA) is 60.1 Å². The average Bonchev–Trinajstić information content (AvgIpc) is 3.42. The maximum absolute atomic E-state index is 13.6. The molecule has 0 saturated heterocycles. The fourth-order valence-corrected chi connectivity index (χ4v) is 4.85.